The maximum atomic E-state index is 12.6. The Labute approximate surface area is 174 Å². The zero-order chi connectivity index (χ0) is 20.7. The van der Waals surface area contributed by atoms with Gasteiger partial charge in [0.15, 0.2) is 5.96 Å². The van der Waals surface area contributed by atoms with E-state index in [1.54, 1.807) is 19.2 Å². The number of aliphatic imine (C=N–C) groups is 1. The Balaban J connectivity index is 2.03. The van der Waals surface area contributed by atoms with Gasteiger partial charge in [0.05, 0.1) is 11.4 Å². The van der Waals surface area contributed by atoms with E-state index in [2.05, 4.69) is 28.8 Å². The van der Waals surface area contributed by atoms with Crippen molar-refractivity contribution < 1.29 is 8.42 Å². The molecule has 0 aromatic heterocycles. The summed E-state index contributed by atoms with van der Waals surface area (Å²) in [5, 5.41) is 7.58. The summed E-state index contributed by atoms with van der Waals surface area (Å²) in [5.74, 6) is 0.825. The van der Waals surface area contributed by atoms with Crippen molar-refractivity contribution in [2.75, 3.05) is 19.8 Å². The molecule has 1 fully saturated rings. The second-order valence-corrected chi connectivity index (χ2v) is 10.6. The SMILES string of the molecule is CCNC(=NCc1ccc(S(=O)(=O)N(C)C(C)C)cc1)NC1CCC(SC)C1. The van der Waals surface area contributed by atoms with Gasteiger partial charge in [-0.1, -0.05) is 12.1 Å². The van der Waals surface area contributed by atoms with Gasteiger partial charge in [0.1, 0.15) is 0 Å². The third-order valence-electron chi connectivity index (χ3n) is 5.15. The van der Waals surface area contributed by atoms with Gasteiger partial charge in [0.25, 0.3) is 0 Å². The van der Waals surface area contributed by atoms with E-state index >= 15 is 0 Å². The summed E-state index contributed by atoms with van der Waals surface area (Å²) in [6.07, 6.45) is 5.77. The molecule has 1 aromatic rings. The molecule has 1 aromatic carbocycles. The standard InChI is InChI=1S/C20H34N4O2S2/c1-6-21-20(23-17-9-10-18(13-17)27-5)22-14-16-7-11-19(12-8-16)28(25,26)24(4)15(2)3/h7-8,11-12,15,17-18H,6,9-10,13-14H2,1-5H3,(H2,21,22,23). The number of rotatable bonds is 8. The highest BCUT2D eigenvalue weighted by Gasteiger charge is 2.25. The van der Waals surface area contributed by atoms with Crippen LogP contribution in [0.4, 0.5) is 0 Å². The van der Waals surface area contributed by atoms with Gasteiger partial charge in [0, 0.05) is 30.9 Å². The van der Waals surface area contributed by atoms with Crippen LogP contribution in [0.2, 0.25) is 0 Å². The molecule has 0 amide bonds. The summed E-state index contributed by atoms with van der Waals surface area (Å²) in [6, 6.07) is 7.40. The van der Waals surface area contributed by atoms with Crippen molar-refractivity contribution in [2.24, 2.45) is 4.99 Å². The van der Waals surface area contributed by atoms with Crippen LogP contribution in [0.25, 0.3) is 0 Å². The van der Waals surface area contributed by atoms with E-state index < -0.39 is 10.0 Å². The number of sulfonamides is 1. The molecule has 1 aliphatic carbocycles. The van der Waals surface area contributed by atoms with E-state index in [0.29, 0.717) is 17.5 Å². The van der Waals surface area contributed by atoms with Crippen LogP contribution >= 0.6 is 11.8 Å². The van der Waals surface area contributed by atoms with Crippen molar-refractivity contribution >= 4 is 27.7 Å². The lowest BCUT2D eigenvalue weighted by Crippen LogP contribution is -2.42. The topological polar surface area (TPSA) is 73.8 Å². The lowest BCUT2D eigenvalue weighted by molar-refractivity contribution is 0.410. The Hall–Kier alpha value is -1.25. The summed E-state index contributed by atoms with van der Waals surface area (Å²) in [6.45, 7) is 7.10. The zero-order valence-corrected chi connectivity index (χ0v) is 19.2. The molecule has 1 saturated carbocycles. The lowest BCUT2D eigenvalue weighted by atomic mass is 10.2. The summed E-state index contributed by atoms with van der Waals surface area (Å²) < 4.78 is 26.5. The first kappa shape index (κ1) is 23.0. The van der Waals surface area contributed by atoms with Gasteiger partial charge < -0.3 is 10.6 Å². The van der Waals surface area contributed by atoms with Crippen LogP contribution in [0.5, 0.6) is 0 Å². The summed E-state index contributed by atoms with van der Waals surface area (Å²) >= 11 is 1.94. The van der Waals surface area contributed by atoms with E-state index in [-0.39, 0.29) is 6.04 Å². The Kier molecular flexibility index (Phi) is 8.64. The molecule has 0 spiro atoms. The monoisotopic (exact) mass is 426 g/mol. The fourth-order valence-corrected chi connectivity index (χ4v) is 5.34. The van der Waals surface area contributed by atoms with Crippen molar-refractivity contribution in [1.29, 1.82) is 0 Å². The molecule has 6 nitrogen and oxygen atoms in total. The largest absolute Gasteiger partial charge is 0.357 e. The third-order valence-corrected chi connectivity index (χ3v) is 8.29. The molecule has 0 saturated heterocycles. The predicted molar refractivity (Wildman–Crippen MR) is 119 cm³/mol. The van der Waals surface area contributed by atoms with E-state index in [0.717, 1.165) is 23.3 Å². The number of thioether (sulfide) groups is 1. The van der Waals surface area contributed by atoms with Gasteiger partial charge in [-0.15, -0.1) is 0 Å². The molecular weight excluding hydrogens is 392 g/mol. The molecule has 0 bridgehead atoms. The fraction of sp³-hybridized carbons (Fsp3) is 0.650. The number of nitrogens with zero attached hydrogens (tertiary/aromatic N) is 2. The second kappa shape index (κ2) is 10.5. The van der Waals surface area contributed by atoms with Crippen molar-refractivity contribution in [3.05, 3.63) is 29.8 Å². The second-order valence-electron chi connectivity index (χ2n) is 7.47. The van der Waals surface area contributed by atoms with Crippen LogP contribution in [0.15, 0.2) is 34.2 Å². The third kappa shape index (κ3) is 6.12. The molecule has 2 atom stereocenters. The molecule has 0 heterocycles. The Morgan fingerprint density at radius 1 is 1.29 bits per heavy atom. The molecule has 2 rings (SSSR count). The summed E-state index contributed by atoms with van der Waals surface area (Å²) in [7, 11) is -1.84. The molecule has 2 N–H and O–H groups in total. The summed E-state index contributed by atoms with van der Waals surface area (Å²) in [5.41, 5.74) is 0.983. The highest BCUT2D eigenvalue weighted by atomic mass is 32.2. The Bertz CT molecular complexity index is 748. The highest BCUT2D eigenvalue weighted by molar-refractivity contribution is 7.99. The van der Waals surface area contributed by atoms with Crippen LogP contribution in [-0.2, 0) is 16.6 Å². The van der Waals surface area contributed by atoms with Gasteiger partial charge in [-0.05, 0) is 64.0 Å². The first-order valence-electron chi connectivity index (χ1n) is 9.92. The van der Waals surface area contributed by atoms with Crippen molar-refractivity contribution in [3.63, 3.8) is 0 Å². The molecule has 28 heavy (non-hydrogen) atoms. The van der Waals surface area contributed by atoms with Crippen LogP contribution in [0.1, 0.15) is 45.6 Å². The number of hydrogen-bond donors (Lipinski definition) is 2. The molecule has 158 valence electrons. The van der Waals surface area contributed by atoms with Crippen LogP contribution < -0.4 is 10.6 Å². The fourth-order valence-electron chi connectivity index (χ4n) is 3.18. The Morgan fingerprint density at radius 2 is 1.96 bits per heavy atom. The van der Waals surface area contributed by atoms with E-state index in [1.165, 1.54) is 23.6 Å². The number of guanidine groups is 1. The van der Waals surface area contributed by atoms with Crippen molar-refractivity contribution in [1.82, 2.24) is 14.9 Å². The van der Waals surface area contributed by atoms with E-state index in [9.17, 15) is 8.42 Å². The molecule has 0 aliphatic heterocycles. The molecular formula is C20H34N4O2S2. The number of hydrogen-bond acceptors (Lipinski definition) is 4. The van der Waals surface area contributed by atoms with E-state index in [4.69, 9.17) is 0 Å². The van der Waals surface area contributed by atoms with Crippen LogP contribution in [0, 0.1) is 0 Å². The lowest BCUT2D eigenvalue weighted by Gasteiger charge is -2.21. The quantitative estimate of drug-likeness (QED) is 0.494. The normalized spacial score (nSPS) is 20.8. The van der Waals surface area contributed by atoms with Crippen molar-refractivity contribution in [2.45, 2.75) is 68.8 Å². The zero-order valence-electron chi connectivity index (χ0n) is 17.6. The number of nitrogens with one attached hydrogen (secondary N) is 2. The van der Waals surface area contributed by atoms with Gasteiger partial charge in [-0.3, -0.25) is 0 Å². The minimum atomic E-state index is -3.45. The molecule has 8 heteroatoms. The smallest absolute Gasteiger partial charge is 0.243 e. The Morgan fingerprint density at radius 3 is 2.50 bits per heavy atom. The maximum absolute atomic E-state index is 12.6. The molecule has 0 radical (unpaired) electrons. The maximum Gasteiger partial charge on any atom is 0.243 e. The highest BCUT2D eigenvalue weighted by Crippen LogP contribution is 2.28. The average Bonchev–Trinajstić information content (AvgIpc) is 3.13. The van der Waals surface area contributed by atoms with Crippen LogP contribution in [-0.4, -0.2) is 55.9 Å². The van der Waals surface area contributed by atoms with Gasteiger partial charge in [-0.25, -0.2) is 13.4 Å². The van der Waals surface area contributed by atoms with Crippen molar-refractivity contribution in [3.8, 4) is 0 Å². The van der Waals surface area contributed by atoms with Gasteiger partial charge >= 0.3 is 0 Å². The minimum absolute atomic E-state index is 0.0793. The minimum Gasteiger partial charge on any atom is -0.357 e. The molecule has 2 unspecified atom stereocenters. The predicted octanol–water partition coefficient (Wildman–Crippen LogP) is 3.05. The average molecular weight is 427 g/mol. The number of benzene rings is 1. The first-order chi connectivity index (χ1) is 13.3. The molecule has 1 aliphatic rings. The van der Waals surface area contributed by atoms with E-state index in [1.807, 2.05) is 37.7 Å². The first-order valence-corrected chi connectivity index (χ1v) is 12.6. The van der Waals surface area contributed by atoms with Gasteiger partial charge in [-0.2, -0.15) is 16.1 Å². The van der Waals surface area contributed by atoms with Crippen LogP contribution in [0.3, 0.4) is 0 Å². The summed E-state index contributed by atoms with van der Waals surface area (Å²) in [4.78, 5) is 5.00. The van der Waals surface area contributed by atoms with Gasteiger partial charge in [0.2, 0.25) is 10.0 Å².